The minimum absolute atomic E-state index is 0.0128. The summed E-state index contributed by atoms with van der Waals surface area (Å²) >= 11 is 0. The SMILES string of the molecule is CC(=O)O[C@@H](C)/C=C\C(=O)N[C@@H]1C[C@H](C)[C@H](C/C=C(C)/C=C/[C@H]2O[C@H](CC(=O)NC3CCC3)C[C@@]3(CO3)C2ON)O[C@@H]1C. The van der Waals surface area contributed by atoms with E-state index < -0.39 is 29.9 Å². The van der Waals surface area contributed by atoms with Crippen LogP contribution >= 0.6 is 0 Å². The predicted molar refractivity (Wildman–Crippen MR) is 159 cm³/mol. The molecule has 4 N–H and O–H groups in total. The molecular weight excluding hydrogens is 554 g/mol. The molecule has 0 aromatic heterocycles. The molecule has 2 amide bonds. The molecule has 4 aliphatic rings. The summed E-state index contributed by atoms with van der Waals surface area (Å²) in [6.07, 6.45) is 12.9. The second kappa shape index (κ2) is 14.9. The lowest BCUT2D eigenvalue weighted by atomic mass is 9.87. The molecule has 0 aromatic carbocycles. The molecule has 9 atom stereocenters. The zero-order valence-corrected chi connectivity index (χ0v) is 26.1. The smallest absolute Gasteiger partial charge is 0.303 e. The van der Waals surface area contributed by atoms with Gasteiger partial charge in [-0.25, -0.2) is 5.90 Å². The fourth-order valence-corrected chi connectivity index (χ4v) is 6.12. The van der Waals surface area contributed by atoms with Crippen molar-refractivity contribution in [3.05, 3.63) is 36.0 Å². The maximum atomic E-state index is 12.5. The van der Waals surface area contributed by atoms with Gasteiger partial charge in [0.25, 0.3) is 0 Å². The van der Waals surface area contributed by atoms with Crippen LogP contribution in [0.5, 0.6) is 0 Å². The summed E-state index contributed by atoms with van der Waals surface area (Å²) < 4.78 is 23.4. The number of nitrogens with two attached hydrogens (primary N) is 1. The zero-order valence-electron chi connectivity index (χ0n) is 26.1. The van der Waals surface area contributed by atoms with Crippen LogP contribution in [-0.4, -0.2) is 78.7 Å². The molecule has 3 aliphatic heterocycles. The van der Waals surface area contributed by atoms with E-state index in [0.717, 1.165) is 31.3 Å². The predicted octanol–water partition coefficient (Wildman–Crippen LogP) is 2.93. The summed E-state index contributed by atoms with van der Waals surface area (Å²) in [6.45, 7) is 9.70. The van der Waals surface area contributed by atoms with Gasteiger partial charge in [-0.15, -0.1) is 0 Å². The van der Waals surface area contributed by atoms with Gasteiger partial charge in [0, 0.05) is 25.5 Å². The Bertz CT molecular complexity index is 1080. The van der Waals surface area contributed by atoms with E-state index in [4.69, 9.17) is 29.7 Å². The van der Waals surface area contributed by atoms with Gasteiger partial charge in [-0.2, -0.15) is 0 Å². The van der Waals surface area contributed by atoms with Crippen molar-refractivity contribution >= 4 is 17.8 Å². The van der Waals surface area contributed by atoms with Crippen molar-refractivity contribution in [2.24, 2.45) is 11.8 Å². The summed E-state index contributed by atoms with van der Waals surface area (Å²) in [5.74, 6) is 5.29. The van der Waals surface area contributed by atoms with Crippen molar-refractivity contribution in [2.45, 2.75) is 134 Å². The van der Waals surface area contributed by atoms with Crippen molar-refractivity contribution in [1.82, 2.24) is 10.6 Å². The zero-order chi connectivity index (χ0) is 31.1. The maximum absolute atomic E-state index is 12.5. The normalized spacial score (nSPS) is 35.5. The van der Waals surface area contributed by atoms with E-state index in [9.17, 15) is 14.4 Å². The first-order chi connectivity index (χ1) is 20.5. The van der Waals surface area contributed by atoms with Gasteiger partial charge < -0.3 is 29.6 Å². The third-order valence-electron chi connectivity index (χ3n) is 8.92. The van der Waals surface area contributed by atoms with Crippen molar-refractivity contribution < 1.29 is 38.2 Å². The molecule has 1 spiro atoms. The Morgan fingerprint density at radius 2 is 1.86 bits per heavy atom. The highest BCUT2D eigenvalue weighted by atomic mass is 16.7. The van der Waals surface area contributed by atoms with E-state index in [1.807, 2.05) is 26.0 Å². The third-order valence-corrected chi connectivity index (χ3v) is 8.92. The number of amides is 2. The molecule has 4 fully saturated rings. The lowest BCUT2D eigenvalue weighted by molar-refractivity contribution is -0.162. The van der Waals surface area contributed by atoms with Gasteiger partial charge in [0.05, 0.1) is 37.4 Å². The van der Waals surface area contributed by atoms with E-state index >= 15 is 0 Å². The number of esters is 1. The number of carbonyl (C=O) groups is 3. The van der Waals surface area contributed by atoms with E-state index in [-0.39, 0.29) is 48.5 Å². The first kappa shape index (κ1) is 33.3. The Balaban J connectivity index is 1.27. The number of hydrogen-bond acceptors (Lipinski definition) is 9. The molecule has 0 radical (unpaired) electrons. The lowest BCUT2D eigenvalue weighted by Gasteiger charge is -2.39. The number of nitrogens with one attached hydrogen (secondary N) is 2. The van der Waals surface area contributed by atoms with Gasteiger partial charge in [0.1, 0.15) is 23.9 Å². The van der Waals surface area contributed by atoms with Gasteiger partial charge in [-0.3, -0.25) is 19.2 Å². The lowest BCUT2D eigenvalue weighted by Crippen LogP contribution is -2.53. The molecule has 11 heteroatoms. The molecule has 0 aromatic rings. The highest BCUT2D eigenvalue weighted by molar-refractivity contribution is 5.87. The summed E-state index contributed by atoms with van der Waals surface area (Å²) in [5.41, 5.74) is 0.533. The molecule has 3 heterocycles. The van der Waals surface area contributed by atoms with Crippen LogP contribution in [0, 0.1) is 5.92 Å². The summed E-state index contributed by atoms with van der Waals surface area (Å²) in [4.78, 5) is 41.3. The largest absolute Gasteiger partial charge is 0.459 e. The maximum Gasteiger partial charge on any atom is 0.303 e. The van der Waals surface area contributed by atoms with Crippen LogP contribution in [0.2, 0.25) is 0 Å². The third kappa shape index (κ3) is 9.46. The van der Waals surface area contributed by atoms with E-state index in [2.05, 4.69) is 23.6 Å². The van der Waals surface area contributed by atoms with Crippen molar-refractivity contribution in [3.8, 4) is 0 Å². The van der Waals surface area contributed by atoms with Crippen LogP contribution in [-0.2, 0) is 38.2 Å². The van der Waals surface area contributed by atoms with Gasteiger partial charge >= 0.3 is 5.97 Å². The Labute approximate surface area is 254 Å². The van der Waals surface area contributed by atoms with Crippen LogP contribution in [0.25, 0.3) is 0 Å². The van der Waals surface area contributed by atoms with Crippen LogP contribution < -0.4 is 16.5 Å². The molecule has 0 bridgehead atoms. The first-order valence-corrected chi connectivity index (χ1v) is 15.6. The van der Waals surface area contributed by atoms with Crippen molar-refractivity contribution in [1.29, 1.82) is 0 Å². The molecule has 1 aliphatic carbocycles. The Kier molecular flexibility index (Phi) is 11.6. The molecule has 11 nitrogen and oxygen atoms in total. The summed E-state index contributed by atoms with van der Waals surface area (Å²) in [7, 11) is 0. The topological polar surface area (TPSA) is 151 Å². The fourth-order valence-electron chi connectivity index (χ4n) is 6.12. The summed E-state index contributed by atoms with van der Waals surface area (Å²) in [5, 5.41) is 6.10. The van der Waals surface area contributed by atoms with Gasteiger partial charge in [0.2, 0.25) is 11.8 Å². The van der Waals surface area contributed by atoms with Gasteiger partial charge in [0.15, 0.2) is 0 Å². The van der Waals surface area contributed by atoms with E-state index in [0.29, 0.717) is 19.1 Å². The number of ether oxygens (including phenoxy) is 4. The second-order valence-electron chi connectivity index (χ2n) is 12.7. The van der Waals surface area contributed by atoms with Crippen molar-refractivity contribution in [2.75, 3.05) is 6.61 Å². The fraction of sp³-hybridized carbons (Fsp3) is 0.719. The van der Waals surface area contributed by atoms with Crippen LogP contribution in [0.15, 0.2) is 36.0 Å². The number of hydrogen-bond donors (Lipinski definition) is 3. The Hall–Kier alpha value is -2.57. The molecule has 1 saturated carbocycles. The monoisotopic (exact) mass is 603 g/mol. The van der Waals surface area contributed by atoms with Gasteiger partial charge in [-0.1, -0.05) is 30.7 Å². The van der Waals surface area contributed by atoms with E-state index in [1.54, 1.807) is 13.0 Å². The number of epoxide rings is 1. The van der Waals surface area contributed by atoms with Gasteiger partial charge in [-0.05, 0) is 64.9 Å². The number of rotatable bonds is 12. The van der Waals surface area contributed by atoms with Crippen molar-refractivity contribution in [3.63, 3.8) is 0 Å². The Morgan fingerprint density at radius 1 is 1.12 bits per heavy atom. The number of carbonyl (C=O) groups excluding carboxylic acids is 3. The quantitative estimate of drug-likeness (QED) is 0.101. The second-order valence-corrected chi connectivity index (χ2v) is 12.7. The highest BCUT2D eigenvalue weighted by Gasteiger charge is 2.59. The molecule has 240 valence electrons. The number of allylic oxidation sites excluding steroid dienone is 2. The molecule has 3 saturated heterocycles. The van der Waals surface area contributed by atoms with Crippen LogP contribution in [0.1, 0.15) is 79.6 Å². The van der Waals surface area contributed by atoms with E-state index in [1.165, 1.54) is 19.4 Å². The Morgan fingerprint density at radius 3 is 2.49 bits per heavy atom. The minimum atomic E-state index is -0.509. The summed E-state index contributed by atoms with van der Waals surface area (Å²) in [6, 6.07) is 0.176. The average Bonchev–Trinajstić information content (AvgIpc) is 3.68. The molecule has 43 heavy (non-hydrogen) atoms. The average molecular weight is 604 g/mol. The molecule has 1 unspecified atom stereocenters. The highest BCUT2D eigenvalue weighted by Crippen LogP contribution is 2.44. The minimum Gasteiger partial charge on any atom is -0.459 e. The van der Waals surface area contributed by atoms with Crippen LogP contribution in [0.4, 0.5) is 0 Å². The van der Waals surface area contributed by atoms with Crippen LogP contribution in [0.3, 0.4) is 0 Å². The molecular formula is C32H49N3O8. The molecule has 4 rings (SSSR count). The standard InChI is InChI=1S/C32H49N3O8/c1-19(9-12-27-20(2)15-26(22(4)41-27)35-29(37)14-11-21(3)40-23(5)36)10-13-28-31(43-33)32(18-39-32)17-25(42-28)16-30(38)34-24-7-6-8-24/h9-11,13-14,20-22,24-28,31H,6-8,12,15-18,33H2,1-5H3,(H,34,38)(H,35,37)/b13-10+,14-11-,19-9+/t20-,21-,22+,25+,26+,27-,28+,31?,32+/m0/s1. The first-order valence-electron chi connectivity index (χ1n) is 15.6.